The number of hydrogen-bond acceptors (Lipinski definition) is 5. The maximum absolute atomic E-state index is 13.1. The Labute approximate surface area is 205 Å². The first kappa shape index (κ1) is 25.9. The Bertz CT molecular complexity index is 911. The number of oxazole rings is 1. The lowest BCUT2D eigenvalue weighted by molar-refractivity contribution is 0.0507. The molecule has 2 N–H and O–H groups in total. The summed E-state index contributed by atoms with van der Waals surface area (Å²) in [6.07, 6.45) is 2.69. The third kappa shape index (κ3) is 7.64. The molecule has 2 heterocycles. The summed E-state index contributed by atoms with van der Waals surface area (Å²) in [5.74, 6) is 0.947. The zero-order valence-corrected chi connectivity index (χ0v) is 21.2. The number of nitrogens with one attached hydrogen (secondary N) is 2. The molecule has 3 rings (SSSR count). The normalized spacial score (nSPS) is 16.5. The van der Waals surface area contributed by atoms with Crippen LogP contribution >= 0.6 is 24.0 Å². The van der Waals surface area contributed by atoms with E-state index in [0.29, 0.717) is 25.4 Å². The van der Waals surface area contributed by atoms with Gasteiger partial charge in [-0.1, -0.05) is 0 Å². The van der Waals surface area contributed by atoms with Crippen LogP contribution in [0.4, 0.5) is 9.18 Å². The van der Waals surface area contributed by atoms with E-state index in [-0.39, 0.29) is 35.8 Å². The maximum Gasteiger partial charge on any atom is 0.407 e. The van der Waals surface area contributed by atoms with Crippen LogP contribution in [0, 0.1) is 5.82 Å². The van der Waals surface area contributed by atoms with Gasteiger partial charge in [-0.15, -0.1) is 24.0 Å². The molecule has 1 aromatic carbocycles. The highest BCUT2D eigenvalue weighted by Gasteiger charge is 2.27. The summed E-state index contributed by atoms with van der Waals surface area (Å²) in [6.45, 7) is 7.61. The topological polar surface area (TPSA) is 92.0 Å². The first-order chi connectivity index (χ1) is 14.7. The van der Waals surface area contributed by atoms with E-state index < -0.39 is 11.7 Å². The van der Waals surface area contributed by atoms with Gasteiger partial charge in [-0.3, -0.25) is 4.99 Å². The molecule has 1 saturated heterocycles. The molecule has 1 aliphatic rings. The lowest BCUT2D eigenvalue weighted by atomic mass is 10.2. The summed E-state index contributed by atoms with van der Waals surface area (Å²) < 4.78 is 23.9. The van der Waals surface area contributed by atoms with Crippen molar-refractivity contribution in [2.45, 2.75) is 45.3 Å². The van der Waals surface area contributed by atoms with Crippen molar-refractivity contribution in [2.24, 2.45) is 4.99 Å². The van der Waals surface area contributed by atoms with Crippen molar-refractivity contribution in [2.75, 3.05) is 26.7 Å². The van der Waals surface area contributed by atoms with Gasteiger partial charge in [0.1, 0.15) is 17.7 Å². The van der Waals surface area contributed by atoms with Crippen molar-refractivity contribution in [3.05, 3.63) is 42.0 Å². The fourth-order valence-corrected chi connectivity index (χ4v) is 3.33. The third-order valence-electron chi connectivity index (χ3n) is 4.73. The van der Waals surface area contributed by atoms with Crippen molar-refractivity contribution in [1.82, 2.24) is 20.5 Å². The number of alkyl carbamates (subject to hydrolysis) is 1. The highest BCUT2D eigenvalue weighted by molar-refractivity contribution is 14.0. The Kier molecular flexibility index (Phi) is 9.29. The third-order valence-corrected chi connectivity index (χ3v) is 4.73. The van der Waals surface area contributed by atoms with E-state index in [1.165, 1.54) is 12.1 Å². The molecule has 0 radical (unpaired) electrons. The average molecular weight is 559 g/mol. The second-order valence-corrected chi connectivity index (χ2v) is 8.45. The number of aliphatic imine (C=N–C) groups is 1. The highest BCUT2D eigenvalue weighted by atomic mass is 127. The van der Waals surface area contributed by atoms with Crippen molar-refractivity contribution in [3.8, 4) is 11.5 Å². The number of guanidine groups is 1. The number of carbonyl (C=O) groups is 1. The van der Waals surface area contributed by atoms with Crippen molar-refractivity contribution in [1.29, 1.82) is 0 Å². The summed E-state index contributed by atoms with van der Waals surface area (Å²) in [7, 11) is 1.74. The van der Waals surface area contributed by atoms with Crippen molar-refractivity contribution in [3.63, 3.8) is 0 Å². The molecule has 1 atom stereocenters. The molecule has 0 bridgehead atoms. The number of likely N-dealkylation sites (tertiary alicyclic amines) is 1. The van der Waals surface area contributed by atoms with Gasteiger partial charge in [-0.2, -0.15) is 0 Å². The molecule has 0 spiro atoms. The minimum atomic E-state index is -0.516. The zero-order chi connectivity index (χ0) is 22.4. The number of ether oxygens (including phenoxy) is 1. The predicted octanol–water partition coefficient (Wildman–Crippen LogP) is 3.82. The number of hydrogen-bond donors (Lipinski definition) is 2. The smallest absolute Gasteiger partial charge is 0.407 e. The SMILES string of the molecule is CN=C(NCCc1coc(-c2ccc(F)cc2)n1)N1CCC(NC(=O)OC(C)(C)C)C1.I. The molecule has 1 fully saturated rings. The Morgan fingerprint density at radius 1 is 1.34 bits per heavy atom. The number of nitrogens with zero attached hydrogens (tertiary/aromatic N) is 3. The van der Waals surface area contributed by atoms with E-state index in [1.54, 1.807) is 25.4 Å². The summed E-state index contributed by atoms with van der Waals surface area (Å²) in [6, 6.07) is 6.06. The Hall–Kier alpha value is -2.37. The van der Waals surface area contributed by atoms with E-state index in [0.717, 1.165) is 30.2 Å². The Morgan fingerprint density at radius 3 is 2.72 bits per heavy atom. The van der Waals surface area contributed by atoms with Crippen LogP contribution in [0.3, 0.4) is 0 Å². The quantitative estimate of drug-likeness (QED) is 0.329. The van der Waals surface area contributed by atoms with E-state index in [4.69, 9.17) is 9.15 Å². The Morgan fingerprint density at radius 2 is 2.06 bits per heavy atom. The van der Waals surface area contributed by atoms with E-state index in [9.17, 15) is 9.18 Å². The fourth-order valence-electron chi connectivity index (χ4n) is 3.33. The molecular formula is C22H31FIN5O3. The molecule has 8 nitrogen and oxygen atoms in total. The molecular weight excluding hydrogens is 528 g/mol. The monoisotopic (exact) mass is 559 g/mol. The second-order valence-electron chi connectivity index (χ2n) is 8.45. The van der Waals surface area contributed by atoms with Gasteiger partial charge in [0.15, 0.2) is 5.96 Å². The molecule has 1 aromatic heterocycles. The van der Waals surface area contributed by atoms with Gasteiger partial charge >= 0.3 is 6.09 Å². The number of benzene rings is 1. The number of amides is 1. The van der Waals surface area contributed by atoms with E-state index in [2.05, 4.69) is 25.5 Å². The lowest BCUT2D eigenvalue weighted by Crippen LogP contribution is -2.44. The average Bonchev–Trinajstić information content (AvgIpc) is 3.34. The highest BCUT2D eigenvalue weighted by Crippen LogP contribution is 2.19. The first-order valence-corrected chi connectivity index (χ1v) is 10.4. The summed E-state index contributed by atoms with van der Waals surface area (Å²) >= 11 is 0. The van der Waals surface area contributed by atoms with Crippen LogP contribution in [0.25, 0.3) is 11.5 Å². The minimum Gasteiger partial charge on any atom is -0.444 e. The molecule has 176 valence electrons. The van der Waals surface area contributed by atoms with Crippen LogP contribution in [0.2, 0.25) is 0 Å². The lowest BCUT2D eigenvalue weighted by Gasteiger charge is -2.23. The fraction of sp³-hybridized carbons (Fsp3) is 0.500. The van der Waals surface area contributed by atoms with Gasteiger partial charge < -0.3 is 24.7 Å². The molecule has 1 aliphatic heterocycles. The molecule has 10 heteroatoms. The number of carbonyl (C=O) groups excluding carboxylic acids is 1. The van der Waals surface area contributed by atoms with Gasteiger partial charge in [0.25, 0.3) is 0 Å². The van der Waals surface area contributed by atoms with Crippen molar-refractivity contribution < 1.29 is 18.3 Å². The van der Waals surface area contributed by atoms with Gasteiger partial charge in [0, 0.05) is 38.7 Å². The largest absolute Gasteiger partial charge is 0.444 e. The summed E-state index contributed by atoms with van der Waals surface area (Å²) in [5.41, 5.74) is 1.02. The van der Waals surface area contributed by atoms with Crippen LogP contribution in [0.5, 0.6) is 0 Å². The van der Waals surface area contributed by atoms with E-state index >= 15 is 0 Å². The minimum absolute atomic E-state index is 0. The summed E-state index contributed by atoms with van der Waals surface area (Å²) in [5, 5.41) is 6.25. The first-order valence-electron chi connectivity index (χ1n) is 10.4. The molecule has 1 amide bonds. The van der Waals surface area contributed by atoms with Crippen LogP contribution in [0.1, 0.15) is 32.9 Å². The van der Waals surface area contributed by atoms with E-state index in [1.807, 2.05) is 20.8 Å². The molecule has 32 heavy (non-hydrogen) atoms. The number of aromatic nitrogens is 1. The van der Waals surface area contributed by atoms with Crippen LogP contribution in [-0.2, 0) is 11.2 Å². The van der Waals surface area contributed by atoms with Crippen LogP contribution in [0.15, 0.2) is 39.9 Å². The molecule has 0 saturated carbocycles. The molecule has 0 aliphatic carbocycles. The number of rotatable bonds is 5. The molecule has 1 unspecified atom stereocenters. The van der Waals surface area contributed by atoms with Crippen LogP contribution < -0.4 is 10.6 Å². The molecule has 2 aromatic rings. The summed E-state index contributed by atoms with van der Waals surface area (Å²) in [4.78, 5) is 22.9. The number of halogens is 2. The van der Waals surface area contributed by atoms with Gasteiger partial charge in [-0.25, -0.2) is 14.2 Å². The standard InChI is InChI=1S/C22H30FN5O3.HI/c1-22(2,3)31-21(29)27-17-10-12-28(13-17)20(24-4)25-11-9-18-14-30-19(26-18)15-5-7-16(23)8-6-15;/h5-8,14,17H,9-13H2,1-4H3,(H,24,25)(H,27,29);1H. The van der Waals surface area contributed by atoms with Crippen molar-refractivity contribution >= 4 is 36.0 Å². The van der Waals surface area contributed by atoms with Gasteiger partial charge in [0.2, 0.25) is 5.89 Å². The maximum atomic E-state index is 13.1. The zero-order valence-electron chi connectivity index (χ0n) is 18.9. The van der Waals surface area contributed by atoms with Gasteiger partial charge in [-0.05, 0) is 51.5 Å². The Balaban J connectivity index is 0.00000363. The predicted molar refractivity (Wildman–Crippen MR) is 132 cm³/mol. The van der Waals surface area contributed by atoms with Crippen LogP contribution in [-0.4, -0.2) is 60.3 Å². The van der Waals surface area contributed by atoms with Gasteiger partial charge in [0.05, 0.1) is 11.7 Å². The second kappa shape index (κ2) is 11.5.